The van der Waals surface area contributed by atoms with Crippen molar-refractivity contribution < 1.29 is 5.11 Å². The summed E-state index contributed by atoms with van der Waals surface area (Å²) in [5.41, 5.74) is 0. The Morgan fingerprint density at radius 2 is 0.722 bits per heavy atom. The Kier molecular flexibility index (Phi) is 6.40. The Bertz CT molecular complexity index is 396. The molecule has 2 aromatic carbocycles. The first-order chi connectivity index (χ1) is 8.46. The molecule has 0 bridgehead atoms. The predicted molar refractivity (Wildman–Crippen MR) is 79.6 cm³/mol. The van der Waals surface area contributed by atoms with Gasteiger partial charge in [-0.15, -0.1) is 0 Å². The monoisotopic (exact) mass is 342 g/mol. The molecular weight excluding hydrogens is 337 g/mol. The van der Waals surface area contributed by atoms with Crippen LogP contribution in [0, 0.1) is 0 Å². The minimum atomic E-state index is -0.363. The van der Waals surface area contributed by atoms with Crippen molar-refractivity contribution in [3.63, 3.8) is 0 Å². The lowest BCUT2D eigenvalue weighted by Gasteiger charge is -2.06. The van der Waals surface area contributed by atoms with Crippen LogP contribution in [0.2, 0.25) is 25.1 Å². The Balaban J connectivity index is 0.000000225. The van der Waals surface area contributed by atoms with E-state index in [-0.39, 0.29) is 30.9 Å². The number of benzene rings is 2. The normalized spacial score (nSPS) is 9.61. The summed E-state index contributed by atoms with van der Waals surface area (Å²) in [5.74, 6) is -0.363. The Labute approximate surface area is 130 Å². The van der Waals surface area contributed by atoms with Crippen molar-refractivity contribution in [1.29, 1.82) is 0 Å². The summed E-state index contributed by atoms with van der Waals surface area (Å²) in [5, 5.41) is 9.01. The first-order valence-electron chi connectivity index (χ1n) is 4.67. The molecular formula is C12H7Cl5O. The number of hydrogen-bond acceptors (Lipinski definition) is 1. The molecule has 0 aliphatic rings. The summed E-state index contributed by atoms with van der Waals surface area (Å²) in [6.45, 7) is 0. The first-order valence-corrected chi connectivity index (χ1v) is 6.56. The van der Waals surface area contributed by atoms with Crippen LogP contribution in [0.5, 0.6) is 5.75 Å². The number of halogens is 5. The van der Waals surface area contributed by atoms with E-state index >= 15 is 0 Å². The van der Waals surface area contributed by atoms with Gasteiger partial charge >= 0.3 is 0 Å². The van der Waals surface area contributed by atoms with Crippen LogP contribution in [0.25, 0.3) is 0 Å². The van der Waals surface area contributed by atoms with Gasteiger partial charge in [-0.25, -0.2) is 0 Å². The molecule has 6 heteroatoms. The lowest BCUT2D eigenvalue weighted by atomic mass is 10.3. The molecule has 0 amide bonds. The number of rotatable bonds is 0. The van der Waals surface area contributed by atoms with Gasteiger partial charge in [-0.1, -0.05) is 94.4 Å². The molecule has 0 aliphatic carbocycles. The molecule has 0 aliphatic heterocycles. The van der Waals surface area contributed by atoms with E-state index in [0.717, 1.165) is 0 Å². The lowest BCUT2D eigenvalue weighted by molar-refractivity contribution is 0.476. The molecule has 0 fully saturated rings. The fourth-order valence-electron chi connectivity index (χ4n) is 0.978. The first kappa shape index (κ1) is 15.7. The Morgan fingerprint density at radius 1 is 0.500 bits per heavy atom. The third kappa shape index (κ3) is 3.84. The van der Waals surface area contributed by atoms with E-state index in [0.29, 0.717) is 0 Å². The van der Waals surface area contributed by atoms with E-state index in [1.807, 2.05) is 36.4 Å². The molecule has 0 saturated carbocycles. The maximum absolute atomic E-state index is 9.20. The highest BCUT2D eigenvalue weighted by molar-refractivity contribution is 6.55. The van der Waals surface area contributed by atoms with Crippen molar-refractivity contribution >= 4 is 58.0 Å². The van der Waals surface area contributed by atoms with E-state index in [2.05, 4.69) is 0 Å². The summed E-state index contributed by atoms with van der Waals surface area (Å²) in [7, 11) is 0. The molecule has 1 N–H and O–H groups in total. The van der Waals surface area contributed by atoms with E-state index in [1.165, 1.54) is 0 Å². The smallest absolute Gasteiger partial charge is 0.155 e. The van der Waals surface area contributed by atoms with Crippen molar-refractivity contribution in [2.24, 2.45) is 0 Å². The second kappa shape index (κ2) is 7.32. The number of aromatic hydroxyl groups is 1. The summed E-state index contributed by atoms with van der Waals surface area (Å²) in [6, 6.07) is 12.0. The molecule has 0 saturated heterocycles. The molecule has 96 valence electrons. The lowest BCUT2D eigenvalue weighted by Crippen LogP contribution is -1.78. The molecule has 2 aromatic rings. The maximum Gasteiger partial charge on any atom is 0.155 e. The summed E-state index contributed by atoms with van der Waals surface area (Å²) in [6.07, 6.45) is 0. The predicted octanol–water partition coefficient (Wildman–Crippen LogP) is 6.35. The molecule has 0 aromatic heterocycles. The second-order valence-electron chi connectivity index (χ2n) is 3.07. The highest BCUT2D eigenvalue weighted by atomic mass is 35.5. The summed E-state index contributed by atoms with van der Waals surface area (Å²) >= 11 is 27.9. The van der Waals surface area contributed by atoms with Crippen LogP contribution in [0.4, 0.5) is 0 Å². The number of hydrogen-bond donors (Lipinski definition) is 1. The van der Waals surface area contributed by atoms with Gasteiger partial charge < -0.3 is 5.11 Å². The quantitative estimate of drug-likeness (QED) is 0.436. The molecule has 1 nitrogen and oxygen atoms in total. The second-order valence-corrected chi connectivity index (χ2v) is 4.96. The van der Waals surface area contributed by atoms with Gasteiger partial charge in [0.2, 0.25) is 0 Å². The highest BCUT2D eigenvalue weighted by Crippen LogP contribution is 2.47. The van der Waals surface area contributed by atoms with Gasteiger partial charge in [0.1, 0.15) is 10.0 Å². The van der Waals surface area contributed by atoms with E-state index in [1.54, 1.807) is 0 Å². The van der Waals surface area contributed by atoms with Gasteiger partial charge in [0.25, 0.3) is 0 Å². The number of phenols is 1. The van der Waals surface area contributed by atoms with Gasteiger partial charge in [-0.05, 0) is 0 Å². The molecule has 18 heavy (non-hydrogen) atoms. The van der Waals surface area contributed by atoms with Gasteiger partial charge in [-0.2, -0.15) is 0 Å². The average Bonchev–Trinajstić information content (AvgIpc) is 2.43. The largest absolute Gasteiger partial charge is 0.505 e. The van der Waals surface area contributed by atoms with Crippen LogP contribution in [0.1, 0.15) is 0 Å². The van der Waals surface area contributed by atoms with Crippen LogP contribution >= 0.6 is 58.0 Å². The van der Waals surface area contributed by atoms with Crippen LogP contribution in [0.15, 0.2) is 36.4 Å². The van der Waals surface area contributed by atoms with Gasteiger partial charge in [-0.3, -0.25) is 0 Å². The van der Waals surface area contributed by atoms with E-state index < -0.39 is 0 Å². The third-order valence-corrected chi connectivity index (χ3v) is 4.11. The van der Waals surface area contributed by atoms with Crippen molar-refractivity contribution in [1.82, 2.24) is 0 Å². The van der Waals surface area contributed by atoms with Crippen molar-refractivity contribution in [2.45, 2.75) is 0 Å². The SMILES string of the molecule is Oc1c(Cl)c(Cl)c(Cl)c(Cl)c1Cl.c1ccccc1. The standard InChI is InChI=1S/C6HCl5O.C6H6/c7-1-2(8)4(10)6(12)5(11)3(1)9;1-2-4-6-5-3-1/h12H;1-6H. The molecule has 0 unspecified atom stereocenters. The van der Waals surface area contributed by atoms with Gasteiger partial charge in [0.05, 0.1) is 15.1 Å². The van der Waals surface area contributed by atoms with Gasteiger partial charge in [0, 0.05) is 0 Å². The van der Waals surface area contributed by atoms with Crippen LogP contribution < -0.4 is 0 Å². The van der Waals surface area contributed by atoms with E-state index in [9.17, 15) is 5.11 Å². The fourth-order valence-corrected chi connectivity index (χ4v) is 2.11. The highest BCUT2D eigenvalue weighted by Gasteiger charge is 2.18. The van der Waals surface area contributed by atoms with E-state index in [4.69, 9.17) is 58.0 Å². The Morgan fingerprint density at radius 3 is 1.00 bits per heavy atom. The summed E-state index contributed by atoms with van der Waals surface area (Å²) in [4.78, 5) is 0. The minimum Gasteiger partial charge on any atom is -0.505 e. The molecule has 0 atom stereocenters. The van der Waals surface area contributed by atoms with Gasteiger partial charge in [0.15, 0.2) is 5.75 Å². The van der Waals surface area contributed by atoms with Crippen molar-refractivity contribution in [3.8, 4) is 5.75 Å². The van der Waals surface area contributed by atoms with Crippen LogP contribution in [-0.2, 0) is 0 Å². The third-order valence-electron chi connectivity index (χ3n) is 1.85. The Hall–Kier alpha value is -0.310. The molecule has 0 radical (unpaired) electrons. The van der Waals surface area contributed by atoms with Crippen molar-refractivity contribution in [2.75, 3.05) is 0 Å². The fraction of sp³-hybridized carbons (Fsp3) is 0. The van der Waals surface area contributed by atoms with Crippen LogP contribution in [0.3, 0.4) is 0 Å². The minimum absolute atomic E-state index is 0.00904. The zero-order chi connectivity index (χ0) is 13.7. The zero-order valence-electron chi connectivity index (χ0n) is 8.80. The topological polar surface area (TPSA) is 20.2 Å². The average molecular weight is 344 g/mol. The van der Waals surface area contributed by atoms with Crippen molar-refractivity contribution in [3.05, 3.63) is 61.5 Å². The molecule has 0 spiro atoms. The summed E-state index contributed by atoms with van der Waals surface area (Å²) < 4.78 is 0. The molecule has 2 rings (SSSR count). The molecule has 0 heterocycles. The zero-order valence-corrected chi connectivity index (χ0v) is 12.6. The number of phenolic OH excluding ortho intramolecular Hbond substituents is 1. The maximum atomic E-state index is 9.20. The van der Waals surface area contributed by atoms with Crippen LogP contribution in [-0.4, -0.2) is 5.11 Å².